The second kappa shape index (κ2) is 4.57. The largest absolute Gasteiger partial charge is 0.489 e. The summed E-state index contributed by atoms with van der Waals surface area (Å²) in [6.45, 7) is 2.77. The van der Waals surface area contributed by atoms with E-state index in [1.807, 2.05) is 6.07 Å². The van der Waals surface area contributed by atoms with Gasteiger partial charge < -0.3 is 15.4 Å². The van der Waals surface area contributed by atoms with E-state index in [0.717, 1.165) is 31.9 Å². The lowest BCUT2D eigenvalue weighted by Crippen LogP contribution is -2.51. The van der Waals surface area contributed by atoms with Crippen molar-refractivity contribution in [3.63, 3.8) is 0 Å². The van der Waals surface area contributed by atoms with Crippen molar-refractivity contribution < 1.29 is 4.74 Å². The van der Waals surface area contributed by atoms with Gasteiger partial charge in [0.25, 0.3) is 0 Å². The lowest BCUT2D eigenvalue weighted by Gasteiger charge is -2.46. The van der Waals surface area contributed by atoms with Gasteiger partial charge >= 0.3 is 0 Å². The van der Waals surface area contributed by atoms with Crippen molar-refractivity contribution in [2.75, 3.05) is 24.6 Å². The first kappa shape index (κ1) is 10.9. The number of fused-ring (bicyclic) bond motifs is 3. The molecule has 92 valence electrons. The van der Waals surface area contributed by atoms with E-state index in [0.29, 0.717) is 12.0 Å². The Balaban J connectivity index is 1.88. The Morgan fingerprint density at radius 2 is 2.24 bits per heavy atom. The van der Waals surface area contributed by atoms with E-state index >= 15 is 0 Å². The van der Waals surface area contributed by atoms with Gasteiger partial charge in [0.05, 0.1) is 11.7 Å². The molecule has 17 heavy (non-hydrogen) atoms. The third-order valence-electron chi connectivity index (χ3n) is 4.04. The molecule has 0 aromatic heterocycles. The lowest BCUT2D eigenvalue weighted by atomic mass is 9.86. The van der Waals surface area contributed by atoms with Gasteiger partial charge in [-0.1, -0.05) is 12.1 Å². The Hall–Kier alpha value is -1.22. The smallest absolute Gasteiger partial charge is 0.142 e. The van der Waals surface area contributed by atoms with E-state index < -0.39 is 0 Å². The summed E-state index contributed by atoms with van der Waals surface area (Å²) in [7, 11) is 0. The van der Waals surface area contributed by atoms with Gasteiger partial charge in [-0.3, -0.25) is 0 Å². The predicted molar refractivity (Wildman–Crippen MR) is 69.5 cm³/mol. The van der Waals surface area contributed by atoms with Crippen LogP contribution in [0.5, 0.6) is 5.75 Å². The number of nitrogens with two attached hydrogens (primary N) is 1. The van der Waals surface area contributed by atoms with Gasteiger partial charge in [0.15, 0.2) is 0 Å². The molecule has 2 unspecified atom stereocenters. The Morgan fingerprint density at radius 1 is 1.35 bits per heavy atom. The molecule has 3 nitrogen and oxygen atoms in total. The molecule has 1 fully saturated rings. The number of anilines is 1. The van der Waals surface area contributed by atoms with Crippen molar-refractivity contribution in [3.8, 4) is 5.75 Å². The van der Waals surface area contributed by atoms with Crippen molar-refractivity contribution in [2.24, 2.45) is 11.7 Å². The van der Waals surface area contributed by atoms with Crippen LogP contribution in [0.3, 0.4) is 0 Å². The molecule has 0 radical (unpaired) electrons. The molecular weight excluding hydrogens is 212 g/mol. The van der Waals surface area contributed by atoms with E-state index in [1.165, 1.54) is 18.5 Å². The van der Waals surface area contributed by atoms with Crippen LogP contribution in [0, 0.1) is 5.92 Å². The maximum Gasteiger partial charge on any atom is 0.142 e. The summed E-state index contributed by atoms with van der Waals surface area (Å²) in [4.78, 5) is 2.53. The fraction of sp³-hybridized carbons (Fsp3) is 0.571. The summed E-state index contributed by atoms with van der Waals surface area (Å²) < 4.78 is 5.89. The number of nitrogens with zero attached hydrogens (tertiary/aromatic N) is 1. The molecule has 1 aromatic rings. The van der Waals surface area contributed by atoms with Gasteiger partial charge in [-0.05, 0) is 43.9 Å². The molecule has 0 saturated carbocycles. The first-order valence-electron chi connectivity index (χ1n) is 6.58. The monoisotopic (exact) mass is 232 g/mol. The number of hydrogen-bond acceptors (Lipinski definition) is 3. The van der Waals surface area contributed by atoms with Crippen LogP contribution < -0.4 is 15.4 Å². The summed E-state index contributed by atoms with van der Waals surface area (Å²) >= 11 is 0. The molecule has 0 amide bonds. The Kier molecular flexibility index (Phi) is 2.93. The van der Waals surface area contributed by atoms with E-state index in [4.69, 9.17) is 10.5 Å². The summed E-state index contributed by atoms with van der Waals surface area (Å²) in [6.07, 6.45) is 3.69. The van der Waals surface area contributed by atoms with Crippen LogP contribution in [0.15, 0.2) is 24.3 Å². The van der Waals surface area contributed by atoms with Crippen molar-refractivity contribution in [1.29, 1.82) is 0 Å². The van der Waals surface area contributed by atoms with Gasteiger partial charge in [0.2, 0.25) is 0 Å². The lowest BCUT2D eigenvalue weighted by molar-refractivity contribution is 0.188. The van der Waals surface area contributed by atoms with Gasteiger partial charge in [0.1, 0.15) is 12.4 Å². The second-order valence-electron chi connectivity index (χ2n) is 5.02. The highest BCUT2D eigenvalue weighted by Crippen LogP contribution is 2.39. The molecule has 2 atom stereocenters. The van der Waals surface area contributed by atoms with Crippen molar-refractivity contribution >= 4 is 5.69 Å². The molecule has 0 bridgehead atoms. The number of piperidine rings is 1. The van der Waals surface area contributed by atoms with E-state index in [9.17, 15) is 0 Å². The van der Waals surface area contributed by atoms with Crippen LogP contribution in [-0.2, 0) is 0 Å². The Morgan fingerprint density at radius 3 is 3.12 bits per heavy atom. The molecule has 3 rings (SSSR count). The average molecular weight is 232 g/mol. The highest BCUT2D eigenvalue weighted by Gasteiger charge is 2.35. The molecule has 0 aliphatic carbocycles. The van der Waals surface area contributed by atoms with Crippen LogP contribution in [0.2, 0.25) is 0 Å². The first-order chi connectivity index (χ1) is 8.40. The molecule has 3 heteroatoms. The van der Waals surface area contributed by atoms with Crippen LogP contribution in [0.4, 0.5) is 5.69 Å². The molecule has 0 spiro atoms. The zero-order valence-corrected chi connectivity index (χ0v) is 10.1. The standard InChI is InChI=1S/C14H20N2O/c15-8-7-11-4-3-9-16-12-5-1-2-6-14(12)17-10-13(11)16/h1-2,5-6,11,13H,3-4,7-10,15H2. The van der Waals surface area contributed by atoms with Crippen molar-refractivity contribution in [1.82, 2.24) is 0 Å². The van der Waals surface area contributed by atoms with Gasteiger partial charge in [-0.25, -0.2) is 0 Å². The summed E-state index contributed by atoms with van der Waals surface area (Å²) in [5.41, 5.74) is 6.99. The number of hydrogen-bond donors (Lipinski definition) is 1. The fourth-order valence-corrected chi connectivity index (χ4v) is 3.20. The quantitative estimate of drug-likeness (QED) is 0.847. The molecular formula is C14H20N2O. The first-order valence-corrected chi connectivity index (χ1v) is 6.58. The molecule has 2 N–H and O–H groups in total. The number of para-hydroxylation sites is 2. The Labute approximate surface area is 103 Å². The van der Waals surface area contributed by atoms with E-state index in [1.54, 1.807) is 0 Å². The second-order valence-corrected chi connectivity index (χ2v) is 5.02. The predicted octanol–water partition coefficient (Wildman–Crippen LogP) is 2.01. The molecule has 1 aromatic carbocycles. The zero-order chi connectivity index (χ0) is 11.7. The zero-order valence-electron chi connectivity index (χ0n) is 10.1. The molecule has 2 aliphatic heterocycles. The van der Waals surface area contributed by atoms with Crippen molar-refractivity contribution in [3.05, 3.63) is 24.3 Å². The SMILES string of the molecule is NCCC1CCCN2c3ccccc3OCC12. The minimum Gasteiger partial charge on any atom is -0.489 e. The molecule has 2 heterocycles. The summed E-state index contributed by atoms with van der Waals surface area (Å²) in [5.74, 6) is 1.74. The van der Waals surface area contributed by atoms with E-state index in [-0.39, 0.29) is 0 Å². The maximum atomic E-state index is 5.89. The number of ether oxygens (including phenoxy) is 1. The van der Waals surface area contributed by atoms with E-state index in [2.05, 4.69) is 23.1 Å². The van der Waals surface area contributed by atoms with Crippen LogP contribution in [0.25, 0.3) is 0 Å². The molecule has 1 saturated heterocycles. The Bertz CT molecular complexity index is 392. The number of rotatable bonds is 2. The van der Waals surface area contributed by atoms with Gasteiger partial charge in [0, 0.05) is 6.54 Å². The molecule has 2 aliphatic rings. The third kappa shape index (κ3) is 1.89. The normalized spacial score (nSPS) is 27.0. The minimum absolute atomic E-state index is 0.530. The van der Waals surface area contributed by atoms with Crippen LogP contribution in [-0.4, -0.2) is 25.7 Å². The highest BCUT2D eigenvalue weighted by atomic mass is 16.5. The van der Waals surface area contributed by atoms with Gasteiger partial charge in [-0.2, -0.15) is 0 Å². The third-order valence-corrected chi connectivity index (χ3v) is 4.04. The van der Waals surface area contributed by atoms with Crippen LogP contribution >= 0.6 is 0 Å². The fourth-order valence-electron chi connectivity index (χ4n) is 3.20. The summed E-state index contributed by atoms with van der Waals surface area (Å²) in [6, 6.07) is 8.91. The summed E-state index contributed by atoms with van der Waals surface area (Å²) in [5, 5.41) is 0. The van der Waals surface area contributed by atoms with Crippen LogP contribution in [0.1, 0.15) is 19.3 Å². The van der Waals surface area contributed by atoms with Gasteiger partial charge in [-0.15, -0.1) is 0 Å². The van der Waals surface area contributed by atoms with Crippen molar-refractivity contribution in [2.45, 2.75) is 25.3 Å². The number of benzene rings is 1. The minimum atomic E-state index is 0.530. The average Bonchev–Trinajstić information content (AvgIpc) is 2.39. The highest BCUT2D eigenvalue weighted by molar-refractivity contribution is 5.61. The topological polar surface area (TPSA) is 38.5 Å². The maximum absolute atomic E-state index is 5.89.